The standard InChI is InChI=1S/C24H25FN4O3/c1-3-32-22-11-7-6-10-20(22)27-12-14-28(15-13-27)24(31)23-21(30)16-17(2)29(26-23)19-9-5-4-8-18(19)25/h4-11,16H,3,12-15H2,1-2H3. The van der Waals surface area contributed by atoms with Crippen molar-refractivity contribution in [3.05, 3.63) is 82.0 Å². The second kappa shape index (κ2) is 9.21. The van der Waals surface area contributed by atoms with Crippen LogP contribution in [-0.2, 0) is 0 Å². The first-order valence-corrected chi connectivity index (χ1v) is 10.6. The fourth-order valence-electron chi connectivity index (χ4n) is 3.86. The number of rotatable bonds is 5. The average molecular weight is 436 g/mol. The maximum absolute atomic E-state index is 14.3. The lowest BCUT2D eigenvalue weighted by molar-refractivity contribution is 0.0737. The predicted molar refractivity (Wildman–Crippen MR) is 120 cm³/mol. The lowest BCUT2D eigenvalue weighted by Crippen LogP contribution is -2.50. The maximum atomic E-state index is 14.3. The molecule has 166 valence electrons. The summed E-state index contributed by atoms with van der Waals surface area (Å²) < 4.78 is 21.3. The normalized spacial score (nSPS) is 13.8. The minimum absolute atomic E-state index is 0.191. The Labute approximate surface area is 185 Å². The molecule has 1 amide bonds. The Hall–Kier alpha value is -3.68. The molecule has 1 aliphatic heterocycles. The number of ether oxygens (including phenoxy) is 1. The van der Waals surface area contributed by atoms with Crippen LogP contribution >= 0.6 is 0 Å². The number of anilines is 1. The fourth-order valence-corrected chi connectivity index (χ4v) is 3.86. The number of halogens is 1. The number of hydrogen-bond acceptors (Lipinski definition) is 5. The quantitative estimate of drug-likeness (QED) is 0.615. The molecule has 1 fully saturated rings. The molecule has 4 rings (SSSR count). The smallest absolute Gasteiger partial charge is 0.278 e. The first-order chi connectivity index (χ1) is 15.5. The molecular formula is C24H25FN4O3. The minimum Gasteiger partial charge on any atom is -0.492 e. The van der Waals surface area contributed by atoms with Gasteiger partial charge in [0.2, 0.25) is 5.43 Å². The molecule has 0 bridgehead atoms. The molecule has 7 nitrogen and oxygen atoms in total. The molecule has 0 spiro atoms. The van der Waals surface area contributed by atoms with Crippen molar-refractivity contribution in [2.75, 3.05) is 37.7 Å². The summed E-state index contributed by atoms with van der Waals surface area (Å²) >= 11 is 0. The van der Waals surface area contributed by atoms with Crippen LogP contribution in [0.15, 0.2) is 59.4 Å². The Bertz CT molecular complexity index is 1190. The van der Waals surface area contributed by atoms with E-state index in [1.54, 1.807) is 30.0 Å². The second-order valence-corrected chi connectivity index (χ2v) is 7.54. The Morgan fingerprint density at radius 1 is 1.03 bits per heavy atom. The van der Waals surface area contributed by atoms with Gasteiger partial charge in [-0.1, -0.05) is 24.3 Å². The highest BCUT2D eigenvalue weighted by molar-refractivity contribution is 5.92. The summed E-state index contributed by atoms with van der Waals surface area (Å²) in [6.07, 6.45) is 0. The van der Waals surface area contributed by atoms with Crippen molar-refractivity contribution in [2.45, 2.75) is 13.8 Å². The minimum atomic E-state index is -0.480. The molecule has 0 N–H and O–H groups in total. The Morgan fingerprint density at radius 3 is 2.38 bits per heavy atom. The van der Waals surface area contributed by atoms with Crippen LogP contribution < -0.4 is 15.1 Å². The van der Waals surface area contributed by atoms with Gasteiger partial charge in [0, 0.05) is 37.9 Å². The van der Waals surface area contributed by atoms with Gasteiger partial charge in [-0.3, -0.25) is 9.59 Å². The van der Waals surface area contributed by atoms with Crippen molar-refractivity contribution in [2.24, 2.45) is 0 Å². The van der Waals surface area contributed by atoms with Crippen LogP contribution in [0.3, 0.4) is 0 Å². The number of para-hydroxylation sites is 3. The van der Waals surface area contributed by atoms with E-state index in [-0.39, 0.29) is 11.4 Å². The number of piperazine rings is 1. The number of hydrogen-bond donors (Lipinski definition) is 0. The summed E-state index contributed by atoms with van der Waals surface area (Å²) in [7, 11) is 0. The molecule has 32 heavy (non-hydrogen) atoms. The number of carbonyl (C=O) groups excluding carboxylic acids is 1. The van der Waals surface area contributed by atoms with Crippen LogP contribution in [0.25, 0.3) is 5.69 Å². The van der Waals surface area contributed by atoms with E-state index < -0.39 is 17.2 Å². The average Bonchev–Trinajstić information content (AvgIpc) is 2.80. The molecule has 0 radical (unpaired) electrons. The Kier molecular flexibility index (Phi) is 6.20. The van der Waals surface area contributed by atoms with Gasteiger partial charge in [-0.25, -0.2) is 9.07 Å². The fraction of sp³-hybridized carbons (Fsp3) is 0.292. The van der Waals surface area contributed by atoms with Crippen LogP contribution in [0.4, 0.5) is 10.1 Å². The zero-order valence-corrected chi connectivity index (χ0v) is 18.1. The van der Waals surface area contributed by atoms with E-state index in [2.05, 4.69) is 10.00 Å². The summed E-state index contributed by atoms with van der Waals surface area (Å²) in [5.74, 6) is -0.118. The molecule has 8 heteroatoms. The Balaban J connectivity index is 1.55. The lowest BCUT2D eigenvalue weighted by Gasteiger charge is -2.36. The van der Waals surface area contributed by atoms with Crippen LogP contribution in [0.2, 0.25) is 0 Å². The van der Waals surface area contributed by atoms with Gasteiger partial charge in [0.25, 0.3) is 5.91 Å². The number of carbonyl (C=O) groups is 1. The number of aromatic nitrogens is 2. The summed E-state index contributed by atoms with van der Waals surface area (Å²) in [5.41, 5.74) is 0.952. The maximum Gasteiger partial charge on any atom is 0.278 e. The third kappa shape index (κ3) is 4.21. The molecule has 3 aromatic rings. The van der Waals surface area contributed by atoms with Gasteiger partial charge in [-0.2, -0.15) is 5.10 Å². The van der Waals surface area contributed by atoms with E-state index in [4.69, 9.17) is 4.74 Å². The first kappa shape index (κ1) is 21.5. The Morgan fingerprint density at radius 2 is 1.69 bits per heavy atom. The first-order valence-electron chi connectivity index (χ1n) is 10.6. The van der Waals surface area contributed by atoms with Crippen molar-refractivity contribution in [3.8, 4) is 11.4 Å². The van der Waals surface area contributed by atoms with Crippen LogP contribution in [0.1, 0.15) is 23.1 Å². The van der Waals surface area contributed by atoms with E-state index in [9.17, 15) is 14.0 Å². The lowest BCUT2D eigenvalue weighted by atomic mass is 10.2. The number of nitrogens with zero attached hydrogens (tertiary/aromatic N) is 4. The van der Waals surface area contributed by atoms with E-state index in [1.807, 2.05) is 31.2 Å². The van der Waals surface area contributed by atoms with Crippen LogP contribution in [-0.4, -0.2) is 53.4 Å². The zero-order chi connectivity index (χ0) is 22.7. The highest BCUT2D eigenvalue weighted by Gasteiger charge is 2.27. The van der Waals surface area contributed by atoms with E-state index in [1.165, 1.54) is 16.8 Å². The highest BCUT2D eigenvalue weighted by Crippen LogP contribution is 2.29. The summed E-state index contributed by atoms with van der Waals surface area (Å²) in [5, 5.41) is 4.23. The highest BCUT2D eigenvalue weighted by atomic mass is 19.1. The molecule has 2 aromatic carbocycles. The van der Waals surface area contributed by atoms with Crippen molar-refractivity contribution in [1.29, 1.82) is 0 Å². The summed E-state index contributed by atoms with van der Waals surface area (Å²) in [6.45, 7) is 6.25. The third-order valence-electron chi connectivity index (χ3n) is 5.46. The number of aryl methyl sites for hydroxylation is 1. The molecule has 1 saturated heterocycles. The molecule has 0 unspecified atom stereocenters. The summed E-state index contributed by atoms with van der Waals surface area (Å²) in [6, 6.07) is 15.3. The number of amides is 1. The third-order valence-corrected chi connectivity index (χ3v) is 5.46. The van der Waals surface area contributed by atoms with E-state index in [0.717, 1.165) is 11.4 Å². The molecule has 1 aliphatic rings. The molecular weight excluding hydrogens is 411 g/mol. The molecule has 0 saturated carbocycles. The van der Waals surface area contributed by atoms with Gasteiger partial charge in [0.05, 0.1) is 12.3 Å². The zero-order valence-electron chi connectivity index (χ0n) is 18.1. The van der Waals surface area contributed by atoms with Crippen LogP contribution in [0.5, 0.6) is 5.75 Å². The predicted octanol–water partition coefficient (Wildman–Crippen LogP) is 3.04. The molecule has 0 atom stereocenters. The van der Waals surface area contributed by atoms with Gasteiger partial charge in [-0.15, -0.1) is 0 Å². The largest absolute Gasteiger partial charge is 0.492 e. The van der Waals surface area contributed by atoms with Gasteiger partial charge >= 0.3 is 0 Å². The molecule has 1 aromatic heterocycles. The molecule has 2 heterocycles. The van der Waals surface area contributed by atoms with E-state index >= 15 is 0 Å². The summed E-state index contributed by atoms with van der Waals surface area (Å²) in [4.78, 5) is 29.5. The topological polar surface area (TPSA) is 67.7 Å². The van der Waals surface area contributed by atoms with Gasteiger partial charge in [0.1, 0.15) is 17.3 Å². The van der Waals surface area contributed by atoms with Gasteiger partial charge < -0.3 is 14.5 Å². The van der Waals surface area contributed by atoms with Crippen molar-refractivity contribution < 1.29 is 13.9 Å². The number of benzene rings is 2. The van der Waals surface area contributed by atoms with E-state index in [0.29, 0.717) is 38.5 Å². The van der Waals surface area contributed by atoms with Crippen LogP contribution in [0, 0.1) is 12.7 Å². The monoisotopic (exact) mass is 436 g/mol. The van der Waals surface area contributed by atoms with Crippen molar-refractivity contribution >= 4 is 11.6 Å². The molecule has 0 aliphatic carbocycles. The van der Waals surface area contributed by atoms with Crippen molar-refractivity contribution in [3.63, 3.8) is 0 Å². The van der Waals surface area contributed by atoms with Crippen molar-refractivity contribution in [1.82, 2.24) is 14.7 Å². The second-order valence-electron chi connectivity index (χ2n) is 7.54. The van der Waals surface area contributed by atoms with Gasteiger partial charge in [0.15, 0.2) is 5.69 Å². The van der Waals surface area contributed by atoms with Gasteiger partial charge in [-0.05, 0) is 38.1 Å². The SMILES string of the molecule is CCOc1ccccc1N1CCN(C(=O)c2nn(-c3ccccc3F)c(C)cc2=O)CC1.